The van der Waals surface area contributed by atoms with Gasteiger partial charge in [0, 0.05) is 6.54 Å². The van der Waals surface area contributed by atoms with Crippen molar-refractivity contribution in [1.82, 2.24) is 15.5 Å². The maximum atomic E-state index is 13.2. The molecule has 174 valence electrons. The number of rotatable bonds is 8. The van der Waals surface area contributed by atoms with Crippen LogP contribution in [0.1, 0.15) is 37.9 Å². The zero-order chi connectivity index (χ0) is 24.4. The van der Waals surface area contributed by atoms with E-state index in [9.17, 15) is 24.8 Å². The highest BCUT2D eigenvalue weighted by molar-refractivity contribution is 5.90. The molecule has 2 rings (SSSR count). The maximum absolute atomic E-state index is 13.2. The molecule has 3 amide bonds. The molecule has 0 fully saturated rings. The molecule has 0 radical (unpaired) electrons. The van der Waals surface area contributed by atoms with Crippen molar-refractivity contribution in [3.05, 3.63) is 65.7 Å². The largest absolute Gasteiger partial charge is 0.508 e. The molecule has 0 saturated heterocycles. The lowest BCUT2D eigenvalue weighted by atomic mass is 10.0. The smallest absolute Gasteiger partial charge is 0.408 e. The first kappa shape index (κ1) is 25.2. The van der Waals surface area contributed by atoms with E-state index < -0.39 is 42.6 Å². The average molecular weight is 453 g/mol. The van der Waals surface area contributed by atoms with Gasteiger partial charge in [0.1, 0.15) is 30.5 Å². The summed E-state index contributed by atoms with van der Waals surface area (Å²) in [6.07, 6.45) is -0.796. The minimum Gasteiger partial charge on any atom is -0.508 e. The van der Waals surface area contributed by atoms with E-state index in [-0.39, 0.29) is 12.3 Å². The van der Waals surface area contributed by atoms with E-state index in [1.807, 2.05) is 36.4 Å². The van der Waals surface area contributed by atoms with Gasteiger partial charge in [0.15, 0.2) is 0 Å². The van der Waals surface area contributed by atoms with Crippen LogP contribution in [0.5, 0.6) is 5.75 Å². The van der Waals surface area contributed by atoms with Crippen molar-refractivity contribution < 1.29 is 24.2 Å². The zero-order valence-electron chi connectivity index (χ0n) is 18.9. The van der Waals surface area contributed by atoms with Crippen LogP contribution in [-0.4, -0.2) is 46.6 Å². The molecule has 0 bridgehead atoms. The van der Waals surface area contributed by atoms with Gasteiger partial charge in [-0.15, -0.1) is 0 Å². The third kappa shape index (κ3) is 8.18. The first-order valence-corrected chi connectivity index (χ1v) is 10.3. The predicted molar refractivity (Wildman–Crippen MR) is 121 cm³/mol. The number of aromatic hydroxyl groups is 1. The van der Waals surface area contributed by atoms with Gasteiger partial charge in [-0.1, -0.05) is 42.5 Å². The van der Waals surface area contributed by atoms with E-state index in [1.165, 1.54) is 18.2 Å². The van der Waals surface area contributed by atoms with Crippen LogP contribution in [0.15, 0.2) is 54.6 Å². The molecule has 2 aromatic rings. The zero-order valence-corrected chi connectivity index (χ0v) is 18.9. The summed E-state index contributed by atoms with van der Waals surface area (Å²) < 4.78 is 5.13. The van der Waals surface area contributed by atoms with Crippen LogP contribution in [0.2, 0.25) is 0 Å². The Morgan fingerprint density at radius 1 is 1.09 bits per heavy atom. The van der Waals surface area contributed by atoms with Crippen molar-refractivity contribution in [3.63, 3.8) is 0 Å². The SMILES string of the molecule is CC(C)(C)OC(=O)NCC(=O)N(CC#N)C(C(=O)NCc1ccccc1)c1cccc(O)c1. The fraction of sp³-hybridized carbons (Fsp3) is 0.333. The van der Waals surface area contributed by atoms with Crippen LogP contribution >= 0.6 is 0 Å². The van der Waals surface area contributed by atoms with Gasteiger partial charge in [-0.05, 0) is 44.0 Å². The summed E-state index contributed by atoms with van der Waals surface area (Å²) >= 11 is 0. The summed E-state index contributed by atoms with van der Waals surface area (Å²) in [4.78, 5) is 39.1. The van der Waals surface area contributed by atoms with Gasteiger partial charge in [0.05, 0.1) is 6.07 Å². The minimum absolute atomic E-state index is 0.0930. The summed E-state index contributed by atoms with van der Waals surface area (Å²) in [5, 5.41) is 24.4. The molecule has 9 heteroatoms. The third-order valence-electron chi connectivity index (χ3n) is 4.40. The predicted octanol–water partition coefficient (Wildman–Crippen LogP) is 2.63. The highest BCUT2D eigenvalue weighted by Gasteiger charge is 2.32. The number of hydrogen-bond donors (Lipinski definition) is 3. The second kappa shape index (κ2) is 11.5. The Labute approximate surface area is 193 Å². The Morgan fingerprint density at radius 2 is 1.79 bits per heavy atom. The lowest BCUT2D eigenvalue weighted by Crippen LogP contribution is -2.47. The lowest BCUT2D eigenvalue weighted by molar-refractivity contribution is -0.139. The number of carbonyl (C=O) groups is 3. The maximum Gasteiger partial charge on any atom is 0.408 e. The second-order valence-electron chi connectivity index (χ2n) is 8.24. The molecular weight excluding hydrogens is 424 g/mol. The molecule has 33 heavy (non-hydrogen) atoms. The number of benzene rings is 2. The average Bonchev–Trinajstić information content (AvgIpc) is 2.75. The molecule has 1 atom stereocenters. The quantitative estimate of drug-likeness (QED) is 0.528. The Morgan fingerprint density at radius 3 is 2.39 bits per heavy atom. The fourth-order valence-corrected chi connectivity index (χ4v) is 3.01. The number of alkyl carbamates (subject to hydrolysis) is 1. The molecule has 0 aliphatic carbocycles. The van der Waals surface area contributed by atoms with Crippen molar-refractivity contribution in [2.24, 2.45) is 0 Å². The van der Waals surface area contributed by atoms with Crippen LogP contribution in [0.4, 0.5) is 4.79 Å². The van der Waals surface area contributed by atoms with Gasteiger partial charge in [-0.25, -0.2) is 4.79 Å². The molecule has 0 aliphatic heterocycles. The van der Waals surface area contributed by atoms with E-state index >= 15 is 0 Å². The first-order chi connectivity index (χ1) is 15.6. The van der Waals surface area contributed by atoms with E-state index in [4.69, 9.17) is 4.74 Å². The standard InChI is InChI=1S/C24H28N4O5/c1-24(2,3)33-23(32)27-16-20(30)28(13-12-25)21(18-10-7-11-19(29)14-18)22(31)26-15-17-8-5-4-6-9-17/h4-11,14,21,29H,13,15-16H2,1-3H3,(H,26,31)(H,27,32). The normalized spacial score (nSPS) is 11.6. The van der Waals surface area contributed by atoms with Gasteiger partial charge in [0.25, 0.3) is 0 Å². The summed E-state index contributed by atoms with van der Waals surface area (Å²) in [5.74, 6) is -1.29. The van der Waals surface area contributed by atoms with Gasteiger partial charge in [0.2, 0.25) is 11.8 Å². The van der Waals surface area contributed by atoms with Crippen LogP contribution in [0, 0.1) is 11.3 Å². The highest BCUT2D eigenvalue weighted by Crippen LogP contribution is 2.24. The Hall–Kier alpha value is -4.06. The van der Waals surface area contributed by atoms with Crippen LogP contribution in [0.3, 0.4) is 0 Å². The van der Waals surface area contributed by atoms with Crippen LogP contribution < -0.4 is 10.6 Å². The van der Waals surface area contributed by atoms with Crippen molar-refractivity contribution in [2.45, 2.75) is 39.0 Å². The summed E-state index contributed by atoms with van der Waals surface area (Å²) in [6.45, 7) is 4.38. The molecular formula is C24H28N4O5. The molecule has 2 aromatic carbocycles. The van der Waals surface area contributed by atoms with E-state index in [0.29, 0.717) is 5.56 Å². The Kier molecular flexibility index (Phi) is 8.80. The van der Waals surface area contributed by atoms with E-state index in [0.717, 1.165) is 10.5 Å². The van der Waals surface area contributed by atoms with Gasteiger partial charge < -0.3 is 25.4 Å². The number of nitriles is 1. The lowest BCUT2D eigenvalue weighted by Gasteiger charge is -2.30. The molecule has 9 nitrogen and oxygen atoms in total. The van der Waals surface area contributed by atoms with Crippen molar-refractivity contribution in [1.29, 1.82) is 5.26 Å². The fourth-order valence-electron chi connectivity index (χ4n) is 3.01. The summed E-state index contributed by atoms with van der Waals surface area (Å²) in [6, 6.07) is 15.8. The number of amides is 3. The number of ether oxygens (including phenoxy) is 1. The number of phenolic OH excluding ortho intramolecular Hbond substituents is 1. The number of phenols is 1. The highest BCUT2D eigenvalue weighted by atomic mass is 16.6. The number of hydrogen-bond acceptors (Lipinski definition) is 6. The molecule has 3 N–H and O–H groups in total. The van der Waals surface area contributed by atoms with Gasteiger partial charge >= 0.3 is 6.09 Å². The number of nitrogens with one attached hydrogen (secondary N) is 2. The second-order valence-corrected chi connectivity index (χ2v) is 8.24. The van der Waals surface area contributed by atoms with Gasteiger partial charge in [-0.3, -0.25) is 9.59 Å². The third-order valence-corrected chi connectivity index (χ3v) is 4.40. The van der Waals surface area contributed by atoms with Crippen molar-refractivity contribution in [3.8, 4) is 11.8 Å². The summed E-state index contributed by atoms with van der Waals surface area (Å²) in [7, 11) is 0. The van der Waals surface area contributed by atoms with E-state index in [1.54, 1.807) is 26.8 Å². The Bertz CT molecular complexity index is 1010. The van der Waals surface area contributed by atoms with E-state index in [2.05, 4.69) is 10.6 Å². The molecule has 0 spiro atoms. The number of nitrogens with zero attached hydrogens (tertiary/aromatic N) is 2. The Balaban J connectivity index is 2.25. The monoisotopic (exact) mass is 452 g/mol. The molecule has 0 aliphatic rings. The number of carbonyl (C=O) groups excluding carboxylic acids is 3. The van der Waals surface area contributed by atoms with Gasteiger partial charge in [-0.2, -0.15) is 5.26 Å². The molecule has 0 saturated carbocycles. The molecule has 0 heterocycles. The van der Waals surface area contributed by atoms with Crippen LogP contribution in [0.25, 0.3) is 0 Å². The summed E-state index contributed by atoms with van der Waals surface area (Å²) in [5.41, 5.74) is 0.424. The molecule has 1 unspecified atom stereocenters. The van der Waals surface area contributed by atoms with Crippen LogP contribution in [-0.2, 0) is 20.9 Å². The van der Waals surface area contributed by atoms with Crippen molar-refractivity contribution >= 4 is 17.9 Å². The first-order valence-electron chi connectivity index (χ1n) is 10.3. The minimum atomic E-state index is -1.20. The topological polar surface area (TPSA) is 132 Å². The molecule has 0 aromatic heterocycles. The van der Waals surface area contributed by atoms with Crippen molar-refractivity contribution in [2.75, 3.05) is 13.1 Å².